The van der Waals surface area contributed by atoms with E-state index >= 15 is 0 Å². The molecular weight excluding hydrogens is 462 g/mol. The zero-order valence-electron chi connectivity index (χ0n) is 19.5. The highest BCUT2D eigenvalue weighted by atomic mass is 19.1. The zero-order valence-corrected chi connectivity index (χ0v) is 19.5. The molecule has 3 aromatic rings. The van der Waals surface area contributed by atoms with Crippen LogP contribution in [0.3, 0.4) is 0 Å². The molecule has 0 aliphatic carbocycles. The molecule has 1 amide bonds. The van der Waals surface area contributed by atoms with Gasteiger partial charge < -0.3 is 9.64 Å². The number of carbonyl (C=O) groups excluding carboxylic acids is 2. The Kier molecular flexibility index (Phi) is 6.27. The normalized spacial score (nSPS) is 18.3. The Morgan fingerprint density at radius 2 is 1.78 bits per heavy atom. The first kappa shape index (κ1) is 23.7. The molecule has 1 unspecified atom stereocenters. The number of fused-ring (bicyclic) bond motifs is 1. The average Bonchev–Trinajstić information content (AvgIpc) is 2.90. The SMILES string of the molecule is N#CCCC1C(=O)c2ccc(-c3cc(F)ccc3F)cc2OC12CCN(C(=O)c1ccccc1)CC2. The second-order valence-electron chi connectivity index (χ2n) is 9.27. The third kappa shape index (κ3) is 4.24. The van der Waals surface area contributed by atoms with Crippen LogP contribution in [0.4, 0.5) is 8.78 Å². The van der Waals surface area contributed by atoms with E-state index in [-0.39, 0.29) is 23.7 Å². The van der Waals surface area contributed by atoms with Crippen LogP contribution in [0.15, 0.2) is 66.7 Å². The molecule has 1 saturated heterocycles. The Morgan fingerprint density at radius 1 is 1.03 bits per heavy atom. The van der Waals surface area contributed by atoms with Crippen LogP contribution >= 0.6 is 0 Å². The van der Waals surface area contributed by atoms with Crippen molar-refractivity contribution in [3.05, 3.63) is 89.5 Å². The van der Waals surface area contributed by atoms with Crippen molar-refractivity contribution in [2.24, 2.45) is 5.92 Å². The Bertz CT molecular complexity index is 1360. The van der Waals surface area contributed by atoms with Gasteiger partial charge in [-0.15, -0.1) is 0 Å². The summed E-state index contributed by atoms with van der Waals surface area (Å²) in [5, 5.41) is 9.20. The first-order chi connectivity index (χ1) is 17.4. The summed E-state index contributed by atoms with van der Waals surface area (Å²) in [6, 6.07) is 19.1. The van der Waals surface area contributed by atoms with Crippen molar-refractivity contribution < 1.29 is 23.1 Å². The van der Waals surface area contributed by atoms with Gasteiger partial charge in [-0.3, -0.25) is 9.59 Å². The van der Waals surface area contributed by atoms with E-state index in [1.165, 1.54) is 0 Å². The van der Waals surface area contributed by atoms with Crippen molar-refractivity contribution in [1.29, 1.82) is 5.26 Å². The van der Waals surface area contributed by atoms with E-state index in [0.717, 1.165) is 18.2 Å². The van der Waals surface area contributed by atoms with Crippen LogP contribution in [0, 0.1) is 28.9 Å². The molecule has 1 atom stereocenters. The van der Waals surface area contributed by atoms with Crippen LogP contribution in [0.2, 0.25) is 0 Å². The van der Waals surface area contributed by atoms with Gasteiger partial charge in [-0.25, -0.2) is 8.78 Å². The largest absolute Gasteiger partial charge is 0.486 e. The van der Waals surface area contributed by atoms with E-state index in [0.29, 0.717) is 54.8 Å². The number of nitrogens with zero attached hydrogens (tertiary/aromatic N) is 2. The fourth-order valence-corrected chi connectivity index (χ4v) is 5.32. The summed E-state index contributed by atoms with van der Waals surface area (Å²) in [6.45, 7) is 0.801. The van der Waals surface area contributed by atoms with Gasteiger partial charge in [-0.05, 0) is 54.4 Å². The van der Waals surface area contributed by atoms with Crippen LogP contribution in [-0.2, 0) is 0 Å². The molecule has 0 saturated carbocycles. The minimum Gasteiger partial charge on any atom is -0.486 e. The first-order valence-corrected chi connectivity index (χ1v) is 12.0. The molecule has 0 aromatic heterocycles. The topological polar surface area (TPSA) is 70.4 Å². The minimum atomic E-state index is -0.881. The number of ether oxygens (including phenoxy) is 1. The highest BCUT2D eigenvalue weighted by molar-refractivity contribution is 6.03. The molecule has 0 N–H and O–H groups in total. The molecular formula is C29H24F2N2O3. The molecule has 0 bridgehead atoms. The maximum Gasteiger partial charge on any atom is 0.253 e. The summed E-state index contributed by atoms with van der Waals surface area (Å²) in [5.74, 6) is -1.56. The van der Waals surface area contributed by atoms with E-state index in [4.69, 9.17) is 4.74 Å². The lowest BCUT2D eigenvalue weighted by atomic mass is 9.71. The van der Waals surface area contributed by atoms with E-state index in [2.05, 4.69) is 6.07 Å². The van der Waals surface area contributed by atoms with Gasteiger partial charge in [-0.2, -0.15) is 5.26 Å². The number of piperidine rings is 1. The summed E-state index contributed by atoms with van der Waals surface area (Å²) < 4.78 is 34.8. The number of Topliss-reactive ketones (excluding diaryl/α,β-unsaturated/α-hetero) is 1. The zero-order chi connectivity index (χ0) is 25.3. The van der Waals surface area contributed by atoms with Crippen molar-refractivity contribution in [3.8, 4) is 22.9 Å². The summed E-state index contributed by atoms with van der Waals surface area (Å²) in [5.41, 5.74) is 0.570. The maximum absolute atomic E-state index is 14.4. The van der Waals surface area contributed by atoms with Gasteiger partial charge in [0.05, 0.1) is 17.6 Å². The number of hydrogen-bond acceptors (Lipinski definition) is 4. The van der Waals surface area contributed by atoms with E-state index in [9.17, 15) is 23.6 Å². The van der Waals surface area contributed by atoms with Gasteiger partial charge in [0.15, 0.2) is 5.78 Å². The number of hydrogen-bond donors (Lipinski definition) is 0. The molecule has 1 fully saturated rings. The molecule has 5 rings (SSSR count). The van der Waals surface area contributed by atoms with Crippen molar-refractivity contribution >= 4 is 11.7 Å². The standard InChI is InChI=1S/C29H24F2N2O3/c30-21-9-11-25(31)23(18-21)20-8-10-22-26(17-20)36-29(24(27(22)34)7-4-14-32)12-15-33(16-13-29)28(35)19-5-2-1-3-6-19/h1-3,5-6,8-11,17-18,24H,4,7,12-13,15-16H2. The number of nitriles is 1. The quantitative estimate of drug-likeness (QED) is 0.467. The number of ketones is 1. The molecule has 36 heavy (non-hydrogen) atoms. The molecule has 182 valence electrons. The van der Waals surface area contributed by atoms with E-state index < -0.39 is 23.2 Å². The highest BCUT2D eigenvalue weighted by Crippen LogP contribution is 2.46. The number of benzene rings is 3. The van der Waals surface area contributed by atoms with Gasteiger partial charge in [0.25, 0.3) is 5.91 Å². The minimum absolute atomic E-state index is 0.0783. The summed E-state index contributed by atoms with van der Waals surface area (Å²) in [7, 11) is 0. The number of likely N-dealkylation sites (tertiary alicyclic amines) is 1. The first-order valence-electron chi connectivity index (χ1n) is 12.0. The molecule has 2 aliphatic rings. The Labute approximate surface area is 207 Å². The van der Waals surface area contributed by atoms with Crippen LogP contribution in [0.5, 0.6) is 5.75 Å². The average molecular weight is 487 g/mol. The van der Waals surface area contributed by atoms with Crippen LogP contribution < -0.4 is 4.74 Å². The van der Waals surface area contributed by atoms with E-state index in [1.54, 1.807) is 35.2 Å². The molecule has 2 heterocycles. The third-order valence-corrected chi connectivity index (χ3v) is 7.21. The predicted molar refractivity (Wildman–Crippen MR) is 129 cm³/mol. The van der Waals surface area contributed by atoms with Gasteiger partial charge in [0.1, 0.15) is 23.0 Å². The van der Waals surface area contributed by atoms with Gasteiger partial charge >= 0.3 is 0 Å². The second kappa shape index (κ2) is 9.54. The van der Waals surface area contributed by atoms with Gasteiger partial charge in [0.2, 0.25) is 0 Å². The van der Waals surface area contributed by atoms with Gasteiger partial charge in [0, 0.05) is 43.5 Å². The highest BCUT2D eigenvalue weighted by Gasteiger charge is 2.51. The third-order valence-electron chi connectivity index (χ3n) is 7.21. The number of rotatable bonds is 4. The monoisotopic (exact) mass is 486 g/mol. The smallest absolute Gasteiger partial charge is 0.253 e. The van der Waals surface area contributed by atoms with Crippen molar-refractivity contribution in [3.63, 3.8) is 0 Å². The predicted octanol–water partition coefficient (Wildman–Crippen LogP) is 5.80. The number of halogens is 2. The van der Waals surface area contributed by atoms with E-state index in [1.807, 2.05) is 18.2 Å². The molecule has 1 spiro atoms. The molecule has 5 nitrogen and oxygen atoms in total. The number of carbonyl (C=O) groups is 2. The summed E-state index contributed by atoms with van der Waals surface area (Å²) in [6.07, 6.45) is 1.40. The molecule has 3 aromatic carbocycles. The lowest BCUT2D eigenvalue weighted by Crippen LogP contribution is -2.57. The molecule has 7 heteroatoms. The fraction of sp³-hybridized carbons (Fsp3) is 0.276. The van der Waals surface area contributed by atoms with Crippen molar-refractivity contribution in [1.82, 2.24) is 4.90 Å². The lowest BCUT2D eigenvalue weighted by molar-refractivity contribution is -0.0411. The maximum atomic E-state index is 14.4. The fourth-order valence-electron chi connectivity index (χ4n) is 5.32. The molecule has 0 radical (unpaired) electrons. The van der Waals surface area contributed by atoms with Crippen LogP contribution in [0.1, 0.15) is 46.4 Å². The van der Waals surface area contributed by atoms with Crippen molar-refractivity contribution in [2.45, 2.75) is 31.3 Å². The summed E-state index contributed by atoms with van der Waals surface area (Å²) >= 11 is 0. The Morgan fingerprint density at radius 3 is 2.50 bits per heavy atom. The van der Waals surface area contributed by atoms with Crippen molar-refractivity contribution in [2.75, 3.05) is 13.1 Å². The molecule has 2 aliphatic heterocycles. The van der Waals surface area contributed by atoms with Gasteiger partial charge in [-0.1, -0.05) is 24.3 Å². The Balaban J connectivity index is 1.46. The van der Waals surface area contributed by atoms with Crippen LogP contribution in [-0.4, -0.2) is 35.3 Å². The summed E-state index contributed by atoms with van der Waals surface area (Å²) in [4.78, 5) is 28.3. The Hall–Kier alpha value is -4.05. The van der Waals surface area contributed by atoms with Crippen LogP contribution in [0.25, 0.3) is 11.1 Å². The number of amides is 1. The lowest BCUT2D eigenvalue weighted by Gasteiger charge is -2.48. The second-order valence-corrected chi connectivity index (χ2v) is 9.27.